The van der Waals surface area contributed by atoms with Crippen LogP contribution in [0.4, 0.5) is 5.69 Å². The second-order valence-electron chi connectivity index (χ2n) is 4.16. The molecule has 0 unspecified atom stereocenters. The Kier molecular flexibility index (Phi) is 5.07. The minimum atomic E-state index is -0.537. The zero-order valence-electron chi connectivity index (χ0n) is 10.3. The average Bonchev–Trinajstić information content (AvgIpc) is 2.41. The largest absolute Gasteiger partial charge is 0.381 e. The number of anilines is 1. The summed E-state index contributed by atoms with van der Waals surface area (Å²) in [5, 5.41) is 3.58. The first-order valence-electron chi connectivity index (χ1n) is 5.74. The molecular formula is C14H11Br2ClN2O. The number of halogens is 3. The normalized spacial score (nSPS) is 10.3. The molecule has 6 heteroatoms. The van der Waals surface area contributed by atoms with Crippen molar-refractivity contribution in [2.24, 2.45) is 5.73 Å². The Morgan fingerprint density at radius 2 is 1.90 bits per heavy atom. The molecule has 0 saturated carbocycles. The number of hydrogen-bond acceptors (Lipinski definition) is 2. The molecule has 0 spiro atoms. The summed E-state index contributed by atoms with van der Waals surface area (Å²) in [7, 11) is 0. The van der Waals surface area contributed by atoms with Gasteiger partial charge < -0.3 is 11.1 Å². The molecule has 0 aliphatic heterocycles. The molecule has 3 N–H and O–H groups in total. The van der Waals surface area contributed by atoms with Crippen LogP contribution in [0.5, 0.6) is 0 Å². The SMILES string of the molecule is NC(=O)c1cc(NCc2ccc(Br)c(Br)c2)ccc1Cl. The summed E-state index contributed by atoms with van der Waals surface area (Å²) in [6, 6.07) is 11.1. The molecule has 2 rings (SSSR count). The molecule has 0 fully saturated rings. The predicted octanol–water partition coefficient (Wildman–Crippen LogP) is 4.58. The van der Waals surface area contributed by atoms with E-state index in [2.05, 4.69) is 37.2 Å². The van der Waals surface area contributed by atoms with Crippen molar-refractivity contribution in [2.45, 2.75) is 6.54 Å². The molecule has 0 saturated heterocycles. The van der Waals surface area contributed by atoms with Gasteiger partial charge in [0.05, 0.1) is 10.6 Å². The van der Waals surface area contributed by atoms with Crippen molar-refractivity contribution in [3.05, 3.63) is 61.5 Å². The van der Waals surface area contributed by atoms with Crippen molar-refractivity contribution in [3.8, 4) is 0 Å². The van der Waals surface area contributed by atoms with Crippen LogP contribution in [0.15, 0.2) is 45.3 Å². The third-order valence-electron chi connectivity index (χ3n) is 2.71. The Hall–Kier alpha value is -1.04. The molecule has 1 amide bonds. The van der Waals surface area contributed by atoms with Crippen molar-refractivity contribution in [3.63, 3.8) is 0 Å². The molecule has 20 heavy (non-hydrogen) atoms. The Bertz CT molecular complexity index is 662. The fraction of sp³-hybridized carbons (Fsp3) is 0.0714. The second-order valence-corrected chi connectivity index (χ2v) is 6.28. The lowest BCUT2D eigenvalue weighted by Gasteiger charge is -2.09. The van der Waals surface area contributed by atoms with Gasteiger partial charge in [-0.1, -0.05) is 17.7 Å². The van der Waals surface area contributed by atoms with Crippen molar-refractivity contribution in [2.75, 3.05) is 5.32 Å². The summed E-state index contributed by atoms with van der Waals surface area (Å²) in [5.41, 5.74) is 7.48. The molecule has 3 nitrogen and oxygen atoms in total. The lowest BCUT2D eigenvalue weighted by molar-refractivity contribution is 0.100. The summed E-state index contributed by atoms with van der Waals surface area (Å²) in [6.07, 6.45) is 0. The van der Waals surface area contributed by atoms with E-state index < -0.39 is 5.91 Å². The van der Waals surface area contributed by atoms with Gasteiger partial charge in [-0.25, -0.2) is 0 Å². The lowest BCUT2D eigenvalue weighted by Crippen LogP contribution is -2.12. The standard InChI is InChI=1S/C14H11Br2ClN2O/c15-11-3-1-8(5-12(11)16)7-19-9-2-4-13(17)10(6-9)14(18)20/h1-6,19H,7H2,(H2,18,20). The van der Waals surface area contributed by atoms with E-state index in [-0.39, 0.29) is 0 Å². The van der Waals surface area contributed by atoms with Gasteiger partial charge in [0, 0.05) is 21.2 Å². The first-order chi connectivity index (χ1) is 9.47. The highest BCUT2D eigenvalue weighted by atomic mass is 79.9. The molecule has 0 aromatic heterocycles. The van der Waals surface area contributed by atoms with Crippen molar-refractivity contribution in [1.82, 2.24) is 0 Å². The van der Waals surface area contributed by atoms with Crippen LogP contribution in [-0.4, -0.2) is 5.91 Å². The summed E-state index contributed by atoms with van der Waals surface area (Å²) in [4.78, 5) is 11.2. The highest BCUT2D eigenvalue weighted by Gasteiger charge is 2.07. The Balaban J connectivity index is 2.12. The van der Waals surface area contributed by atoms with Gasteiger partial charge in [-0.15, -0.1) is 0 Å². The van der Waals surface area contributed by atoms with Gasteiger partial charge in [0.2, 0.25) is 5.91 Å². The molecule has 0 atom stereocenters. The fourth-order valence-electron chi connectivity index (χ4n) is 1.68. The molecule has 0 aliphatic carbocycles. The molecule has 2 aromatic rings. The summed E-state index contributed by atoms with van der Waals surface area (Å²) >= 11 is 12.8. The lowest BCUT2D eigenvalue weighted by atomic mass is 10.1. The topological polar surface area (TPSA) is 55.1 Å². The summed E-state index contributed by atoms with van der Waals surface area (Å²) in [6.45, 7) is 0.631. The van der Waals surface area contributed by atoms with E-state index in [4.69, 9.17) is 17.3 Å². The highest BCUT2D eigenvalue weighted by Crippen LogP contribution is 2.25. The van der Waals surface area contributed by atoms with E-state index in [9.17, 15) is 4.79 Å². The van der Waals surface area contributed by atoms with E-state index >= 15 is 0 Å². The smallest absolute Gasteiger partial charge is 0.250 e. The number of nitrogens with one attached hydrogen (secondary N) is 1. The van der Waals surface area contributed by atoms with Gasteiger partial charge in [0.15, 0.2) is 0 Å². The van der Waals surface area contributed by atoms with Crippen LogP contribution < -0.4 is 11.1 Å². The molecule has 0 bridgehead atoms. The molecular weight excluding hydrogens is 407 g/mol. The van der Waals surface area contributed by atoms with Crippen molar-refractivity contribution < 1.29 is 4.79 Å². The number of primary amides is 1. The van der Waals surface area contributed by atoms with Gasteiger partial charge in [-0.2, -0.15) is 0 Å². The highest BCUT2D eigenvalue weighted by molar-refractivity contribution is 9.13. The zero-order chi connectivity index (χ0) is 14.7. The first kappa shape index (κ1) is 15.4. The monoisotopic (exact) mass is 416 g/mol. The predicted molar refractivity (Wildman–Crippen MR) is 89.1 cm³/mol. The van der Waals surface area contributed by atoms with Gasteiger partial charge >= 0.3 is 0 Å². The van der Waals surface area contributed by atoms with Gasteiger partial charge in [0.25, 0.3) is 0 Å². The van der Waals surface area contributed by atoms with Crippen LogP contribution in [-0.2, 0) is 6.54 Å². The Morgan fingerprint density at radius 1 is 1.15 bits per heavy atom. The summed E-state index contributed by atoms with van der Waals surface area (Å²) < 4.78 is 1.99. The number of carbonyl (C=O) groups is 1. The minimum absolute atomic E-state index is 0.314. The first-order valence-corrected chi connectivity index (χ1v) is 7.71. The van der Waals surface area contributed by atoms with Gasteiger partial charge in [-0.05, 0) is 67.8 Å². The number of nitrogens with two attached hydrogens (primary N) is 1. The van der Waals surface area contributed by atoms with Crippen molar-refractivity contribution >= 4 is 55.1 Å². The van der Waals surface area contributed by atoms with Crippen molar-refractivity contribution in [1.29, 1.82) is 0 Å². The number of rotatable bonds is 4. The quantitative estimate of drug-likeness (QED) is 0.764. The van der Waals surface area contributed by atoms with Crippen LogP contribution in [0.1, 0.15) is 15.9 Å². The maximum absolute atomic E-state index is 11.2. The van der Waals surface area contributed by atoms with Crippen LogP contribution >= 0.6 is 43.5 Å². The van der Waals surface area contributed by atoms with E-state index in [1.54, 1.807) is 12.1 Å². The fourth-order valence-corrected chi connectivity index (χ4v) is 2.56. The Labute approximate surface area is 138 Å². The maximum Gasteiger partial charge on any atom is 0.250 e. The molecule has 0 aliphatic rings. The maximum atomic E-state index is 11.2. The molecule has 2 aromatic carbocycles. The molecule has 0 radical (unpaired) electrons. The molecule has 0 heterocycles. The van der Waals surface area contributed by atoms with Gasteiger partial charge in [0.1, 0.15) is 0 Å². The number of amides is 1. The average molecular weight is 419 g/mol. The third kappa shape index (κ3) is 3.75. The van der Waals surface area contributed by atoms with Crippen LogP contribution in [0, 0.1) is 0 Å². The minimum Gasteiger partial charge on any atom is -0.381 e. The zero-order valence-corrected chi connectivity index (χ0v) is 14.2. The van der Waals surface area contributed by atoms with Crippen LogP contribution in [0.3, 0.4) is 0 Å². The van der Waals surface area contributed by atoms with Crippen LogP contribution in [0.2, 0.25) is 5.02 Å². The van der Waals surface area contributed by atoms with E-state index in [1.165, 1.54) is 0 Å². The molecule has 104 valence electrons. The van der Waals surface area contributed by atoms with E-state index in [0.29, 0.717) is 17.1 Å². The third-order valence-corrected chi connectivity index (χ3v) is 4.92. The van der Waals surface area contributed by atoms with Gasteiger partial charge in [-0.3, -0.25) is 4.79 Å². The van der Waals surface area contributed by atoms with E-state index in [0.717, 1.165) is 20.2 Å². The number of benzene rings is 2. The van der Waals surface area contributed by atoms with Crippen LogP contribution in [0.25, 0.3) is 0 Å². The summed E-state index contributed by atoms with van der Waals surface area (Å²) in [5.74, 6) is -0.537. The Morgan fingerprint density at radius 3 is 2.55 bits per heavy atom. The number of carbonyl (C=O) groups excluding carboxylic acids is 1. The number of hydrogen-bond donors (Lipinski definition) is 2. The van der Waals surface area contributed by atoms with E-state index in [1.807, 2.05) is 24.3 Å². The second kappa shape index (κ2) is 6.61.